The zero-order valence-electron chi connectivity index (χ0n) is 12.6. The van der Waals surface area contributed by atoms with Crippen molar-refractivity contribution in [2.45, 2.75) is 45.7 Å². The van der Waals surface area contributed by atoms with Gasteiger partial charge in [-0.05, 0) is 33.2 Å². The van der Waals surface area contributed by atoms with Crippen LogP contribution in [0.4, 0.5) is 0 Å². The molecule has 2 atom stereocenters. The normalized spacial score (nSPS) is 21.7. The van der Waals surface area contributed by atoms with E-state index in [2.05, 4.69) is 22.0 Å². The minimum atomic E-state index is -0.0666. The molecule has 2 unspecified atom stereocenters. The number of amides is 1. The van der Waals surface area contributed by atoms with E-state index in [9.17, 15) is 4.79 Å². The van der Waals surface area contributed by atoms with Gasteiger partial charge in [-0.25, -0.2) is 0 Å². The molecule has 19 heavy (non-hydrogen) atoms. The summed E-state index contributed by atoms with van der Waals surface area (Å²) in [5.41, 5.74) is 0. The third-order valence-corrected chi connectivity index (χ3v) is 3.97. The van der Waals surface area contributed by atoms with E-state index in [0.717, 1.165) is 45.6 Å². The van der Waals surface area contributed by atoms with E-state index in [4.69, 9.17) is 5.11 Å². The van der Waals surface area contributed by atoms with Gasteiger partial charge in [0.2, 0.25) is 5.91 Å². The smallest absolute Gasteiger partial charge is 0.237 e. The Hall–Kier alpha value is -0.650. The first kappa shape index (κ1) is 16.4. The summed E-state index contributed by atoms with van der Waals surface area (Å²) in [6, 6.07) is 0.177. The molecule has 5 heteroatoms. The molecule has 0 aromatic heterocycles. The highest BCUT2D eigenvalue weighted by Gasteiger charge is 2.24. The van der Waals surface area contributed by atoms with Gasteiger partial charge >= 0.3 is 0 Å². The predicted molar refractivity (Wildman–Crippen MR) is 77.1 cm³/mol. The molecule has 0 radical (unpaired) electrons. The second-order valence-electron chi connectivity index (χ2n) is 5.45. The molecule has 1 rings (SSSR count). The largest absolute Gasteiger partial charge is 0.395 e. The molecule has 0 bridgehead atoms. The van der Waals surface area contributed by atoms with Gasteiger partial charge in [0.25, 0.3) is 0 Å². The number of carbonyl (C=O) groups is 1. The van der Waals surface area contributed by atoms with Crippen molar-refractivity contribution in [3.8, 4) is 0 Å². The van der Waals surface area contributed by atoms with Crippen LogP contribution in [-0.2, 0) is 4.79 Å². The van der Waals surface area contributed by atoms with E-state index in [-0.39, 0.29) is 24.6 Å². The number of aliphatic hydroxyl groups excluding tert-OH is 1. The summed E-state index contributed by atoms with van der Waals surface area (Å²) in [5, 5.41) is 12.0. The highest BCUT2D eigenvalue weighted by atomic mass is 16.3. The van der Waals surface area contributed by atoms with Crippen LogP contribution in [0.15, 0.2) is 0 Å². The Kier molecular flexibility index (Phi) is 7.34. The van der Waals surface area contributed by atoms with E-state index in [1.807, 2.05) is 13.8 Å². The zero-order valence-corrected chi connectivity index (χ0v) is 12.6. The third kappa shape index (κ3) is 5.47. The number of hydrogen-bond donors (Lipinski definition) is 2. The van der Waals surface area contributed by atoms with Crippen LogP contribution >= 0.6 is 0 Å². The van der Waals surface area contributed by atoms with Crippen molar-refractivity contribution >= 4 is 5.91 Å². The van der Waals surface area contributed by atoms with Crippen LogP contribution in [0.25, 0.3) is 0 Å². The lowest BCUT2D eigenvalue weighted by Gasteiger charge is -2.28. The van der Waals surface area contributed by atoms with Crippen LogP contribution in [0.3, 0.4) is 0 Å². The summed E-state index contributed by atoms with van der Waals surface area (Å²) >= 11 is 0. The maximum Gasteiger partial charge on any atom is 0.237 e. The summed E-state index contributed by atoms with van der Waals surface area (Å²) in [7, 11) is 0. The van der Waals surface area contributed by atoms with Crippen molar-refractivity contribution in [3.63, 3.8) is 0 Å². The van der Waals surface area contributed by atoms with Crippen molar-refractivity contribution in [1.82, 2.24) is 15.1 Å². The molecule has 0 aromatic rings. The fraction of sp³-hybridized carbons (Fsp3) is 0.929. The van der Waals surface area contributed by atoms with E-state index in [1.54, 1.807) is 0 Å². The number of rotatable bonds is 6. The van der Waals surface area contributed by atoms with Crippen molar-refractivity contribution in [1.29, 1.82) is 0 Å². The van der Waals surface area contributed by atoms with Crippen LogP contribution in [0.5, 0.6) is 0 Å². The quantitative estimate of drug-likeness (QED) is 0.729. The van der Waals surface area contributed by atoms with Crippen LogP contribution in [0.1, 0.15) is 33.6 Å². The van der Waals surface area contributed by atoms with Gasteiger partial charge in [-0.3, -0.25) is 14.6 Å². The second kappa shape index (κ2) is 8.51. The summed E-state index contributed by atoms with van der Waals surface area (Å²) in [6.45, 7) is 10.8. The summed E-state index contributed by atoms with van der Waals surface area (Å²) in [4.78, 5) is 16.6. The van der Waals surface area contributed by atoms with Crippen LogP contribution in [0, 0.1) is 0 Å². The fourth-order valence-corrected chi connectivity index (χ4v) is 2.37. The first-order valence-corrected chi connectivity index (χ1v) is 7.46. The standard InChI is InChI=1S/C14H29N3O2/c1-4-12(2)15-14(19)13(3)17-7-5-6-16(8-9-17)10-11-18/h12-13,18H,4-11H2,1-3H3,(H,15,19). The molecule has 1 aliphatic heterocycles. The molecule has 112 valence electrons. The van der Waals surface area contributed by atoms with Crippen LogP contribution < -0.4 is 5.32 Å². The highest BCUT2D eigenvalue weighted by molar-refractivity contribution is 5.81. The molecule has 0 saturated carbocycles. The molecule has 1 amide bonds. The van der Waals surface area contributed by atoms with Gasteiger partial charge in [0.15, 0.2) is 0 Å². The average Bonchev–Trinajstić information content (AvgIpc) is 2.63. The van der Waals surface area contributed by atoms with Crippen molar-refractivity contribution in [3.05, 3.63) is 0 Å². The zero-order chi connectivity index (χ0) is 14.3. The number of nitrogens with one attached hydrogen (secondary N) is 1. The topological polar surface area (TPSA) is 55.8 Å². The van der Waals surface area contributed by atoms with Gasteiger partial charge < -0.3 is 10.4 Å². The molecular formula is C14H29N3O2. The number of hydrogen-bond acceptors (Lipinski definition) is 4. The van der Waals surface area contributed by atoms with E-state index >= 15 is 0 Å². The Morgan fingerprint density at radius 2 is 2.00 bits per heavy atom. The Bertz CT molecular complexity index is 273. The van der Waals surface area contributed by atoms with Gasteiger partial charge in [-0.15, -0.1) is 0 Å². The number of nitrogens with zero attached hydrogens (tertiary/aromatic N) is 2. The van der Waals surface area contributed by atoms with E-state index in [1.165, 1.54) is 0 Å². The fourth-order valence-electron chi connectivity index (χ4n) is 2.37. The minimum absolute atomic E-state index is 0.0666. The summed E-state index contributed by atoms with van der Waals surface area (Å²) in [6.07, 6.45) is 2.02. The number of aliphatic hydroxyl groups is 1. The van der Waals surface area contributed by atoms with Gasteiger partial charge in [-0.1, -0.05) is 6.92 Å². The highest BCUT2D eigenvalue weighted by Crippen LogP contribution is 2.07. The Morgan fingerprint density at radius 3 is 2.63 bits per heavy atom. The van der Waals surface area contributed by atoms with Crippen LogP contribution in [-0.4, -0.2) is 72.2 Å². The van der Waals surface area contributed by atoms with Crippen molar-refractivity contribution in [2.24, 2.45) is 0 Å². The van der Waals surface area contributed by atoms with Crippen molar-refractivity contribution < 1.29 is 9.90 Å². The summed E-state index contributed by atoms with van der Waals surface area (Å²) < 4.78 is 0. The Balaban J connectivity index is 2.43. The predicted octanol–water partition coefficient (Wildman–Crippen LogP) is 0.290. The molecule has 1 aliphatic rings. The van der Waals surface area contributed by atoms with Gasteiger partial charge in [-0.2, -0.15) is 0 Å². The maximum absolute atomic E-state index is 12.1. The average molecular weight is 271 g/mol. The molecule has 5 nitrogen and oxygen atoms in total. The van der Waals surface area contributed by atoms with Crippen molar-refractivity contribution in [2.75, 3.05) is 39.3 Å². The number of carbonyl (C=O) groups excluding carboxylic acids is 1. The van der Waals surface area contributed by atoms with Gasteiger partial charge in [0.05, 0.1) is 12.6 Å². The molecule has 1 heterocycles. The molecule has 1 fully saturated rings. The Morgan fingerprint density at radius 1 is 1.26 bits per heavy atom. The molecular weight excluding hydrogens is 242 g/mol. The molecule has 1 saturated heterocycles. The molecule has 0 aliphatic carbocycles. The molecule has 0 spiro atoms. The second-order valence-corrected chi connectivity index (χ2v) is 5.45. The first-order chi connectivity index (χ1) is 9.08. The van der Waals surface area contributed by atoms with E-state index < -0.39 is 0 Å². The SMILES string of the molecule is CCC(C)NC(=O)C(C)N1CCCN(CCO)CC1. The van der Waals surface area contributed by atoms with Gasteiger partial charge in [0, 0.05) is 32.2 Å². The maximum atomic E-state index is 12.1. The third-order valence-electron chi connectivity index (χ3n) is 3.97. The molecule has 2 N–H and O–H groups in total. The summed E-state index contributed by atoms with van der Waals surface area (Å²) in [5.74, 6) is 0.130. The number of β-amino-alcohol motifs (C(OH)–C–C–N with tert-alkyl or cyclic N) is 1. The minimum Gasteiger partial charge on any atom is -0.395 e. The lowest BCUT2D eigenvalue weighted by atomic mass is 10.2. The first-order valence-electron chi connectivity index (χ1n) is 7.46. The lowest BCUT2D eigenvalue weighted by Crippen LogP contribution is -2.48. The Labute approximate surface area is 117 Å². The van der Waals surface area contributed by atoms with Gasteiger partial charge in [0.1, 0.15) is 0 Å². The van der Waals surface area contributed by atoms with E-state index in [0.29, 0.717) is 0 Å². The van der Waals surface area contributed by atoms with Crippen LogP contribution in [0.2, 0.25) is 0 Å². The monoisotopic (exact) mass is 271 g/mol. The molecule has 0 aromatic carbocycles. The lowest BCUT2D eigenvalue weighted by molar-refractivity contribution is -0.126.